The van der Waals surface area contributed by atoms with Crippen molar-refractivity contribution in [3.05, 3.63) is 29.8 Å². The minimum absolute atomic E-state index is 0.176. The number of ether oxygens (including phenoxy) is 1. The number of hydrogen-bond donors (Lipinski definition) is 1. The van der Waals surface area contributed by atoms with E-state index in [9.17, 15) is 21.6 Å². The predicted molar refractivity (Wildman–Crippen MR) is 77.0 cm³/mol. The zero-order chi connectivity index (χ0) is 16.6. The third kappa shape index (κ3) is 6.33. The van der Waals surface area contributed by atoms with Gasteiger partial charge < -0.3 is 4.74 Å². The fraction of sp³-hybridized carbons (Fsp3) is 0.571. The van der Waals surface area contributed by atoms with Gasteiger partial charge in [0.05, 0.1) is 10.5 Å². The average molecular weight is 339 g/mol. The highest BCUT2D eigenvalue weighted by atomic mass is 32.2. The van der Waals surface area contributed by atoms with Crippen LogP contribution in [0.2, 0.25) is 0 Å². The van der Waals surface area contributed by atoms with E-state index in [1.54, 1.807) is 0 Å². The Hall–Kier alpha value is -1.12. The first-order valence-corrected chi connectivity index (χ1v) is 8.50. The number of rotatable bonds is 9. The number of benzene rings is 1. The van der Waals surface area contributed by atoms with Gasteiger partial charge in [-0.25, -0.2) is 13.1 Å². The Morgan fingerprint density at radius 3 is 2.23 bits per heavy atom. The summed E-state index contributed by atoms with van der Waals surface area (Å²) < 4.78 is 68.7. The van der Waals surface area contributed by atoms with E-state index in [0.717, 1.165) is 37.1 Å². The van der Waals surface area contributed by atoms with Crippen LogP contribution < -0.4 is 4.72 Å². The van der Waals surface area contributed by atoms with Crippen molar-refractivity contribution < 1.29 is 26.3 Å². The monoisotopic (exact) mass is 339 g/mol. The third-order valence-corrected chi connectivity index (χ3v) is 4.37. The molecule has 0 radical (unpaired) electrons. The van der Waals surface area contributed by atoms with E-state index in [0.29, 0.717) is 19.6 Å². The maximum absolute atomic E-state index is 12.4. The molecule has 0 heterocycles. The third-order valence-electron chi connectivity index (χ3n) is 2.89. The van der Waals surface area contributed by atoms with Gasteiger partial charge in [-0.05, 0) is 37.1 Å². The van der Waals surface area contributed by atoms with Gasteiger partial charge in [0.2, 0.25) is 10.0 Å². The topological polar surface area (TPSA) is 55.4 Å². The van der Waals surface area contributed by atoms with Crippen LogP contribution in [0.5, 0.6) is 0 Å². The molecule has 1 aromatic rings. The van der Waals surface area contributed by atoms with Crippen LogP contribution in [0.4, 0.5) is 13.2 Å². The largest absolute Gasteiger partial charge is 0.416 e. The van der Waals surface area contributed by atoms with Gasteiger partial charge in [-0.3, -0.25) is 0 Å². The molecule has 0 unspecified atom stereocenters. The van der Waals surface area contributed by atoms with Crippen LogP contribution in [-0.2, 0) is 20.9 Å². The first-order valence-electron chi connectivity index (χ1n) is 7.02. The van der Waals surface area contributed by atoms with Gasteiger partial charge >= 0.3 is 6.18 Å². The maximum Gasteiger partial charge on any atom is 0.416 e. The molecule has 1 aromatic carbocycles. The number of sulfonamides is 1. The molecule has 0 aromatic heterocycles. The zero-order valence-corrected chi connectivity index (χ0v) is 13.1. The van der Waals surface area contributed by atoms with Gasteiger partial charge in [0.1, 0.15) is 0 Å². The second kappa shape index (κ2) is 8.50. The Bertz CT molecular complexity index is 541. The lowest BCUT2D eigenvalue weighted by Gasteiger charge is -2.09. The lowest BCUT2D eigenvalue weighted by Crippen LogP contribution is -2.25. The lowest BCUT2D eigenvalue weighted by molar-refractivity contribution is -0.137. The number of hydrogen-bond acceptors (Lipinski definition) is 3. The molecule has 0 atom stereocenters. The molecule has 0 saturated heterocycles. The summed E-state index contributed by atoms with van der Waals surface area (Å²) in [5, 5.41) is 0. The van der Waals surface area contributed by atoms with Gasteiger partial charge in [0.15, 0.2) is 0 Å². The van der Waals surface area contributed by atoms with E-state index in [1.165, 1.54) is 0 Å². The number of nitrogens with one attached hydrogen (secondary N) is 1. The fourth-order valence-electron chi connectivity index (χ4n) is 1.64. The minimum Gasteiger partial charge on any atom is -0.381 e. The Kier molecular flexibility index (Phi) is 7.31. The number of unbranched alkanes of at least 4 members (excludes halogenated alkanes) is 1. The Morgan fingerprint density at radius 2 is 1.68 bits per heavy atom. The zero-order valence-electron chi connectivity index (χ0n) is 12.3. The van der Waals surface area contributed by atoms with Crippen molar-refractivity contribution in [2.45, 2.75) is 37.3 Å². The van der Waals surface area contributed by atoms with Crippen molar-refractivity contribution in [2.24, 2.45) is 0 Å². The molecule has 0 spiro atoms. The van der Waals surface area contributed by atoms with Gasteiger partial charge in [-0.2, -0.15) is 13.2 Å². The molecule has 0 saturated carbocycles. The molecule has 0 bridgehead atoms. The SMILES string of the molecule is CCCCOCCCNS(=O)(=O)c1ccc(C(F)(F)F)cc1. The average Bonchev–Trinajstić information content (AvgIpc) is 2.45. The van der Waals surface area contributed by atoms with Crippen molar-refractivity contribution in [3.63, 3.8) is 0 Å². The summed E-state index contributed by atoms with van der Waals surface area (Å²) in [5.74, 6) is 0. The van der Waals surface area contributed by atoms with Crippen LogP contribution in [-0.4, -0.2) is 28.2 Å². The van der Waals surface area contributed by atoms with E-state index in [-0.39, 0.29) is 11.4 Å². The Balaban J connectivity index is 2.46. The first-order chi connectivity index (χ1) is 10.3. The second-order valence-electron chi connectivity index (χ2n) is 4.74. The summed E-state index contributed by atoms with van der Waals surface area (Å²) >= 11 is 0. The maximum atomic E-state index is 12.4. The normalized spacial score (nSPS) is 12.5. The summed E-state index contributed by atoms with van der Waals surface area (Å²) in [6.45, 7) is 3.30. The van der Waals surface area contributed by atoms with Crippen molar-refractivity contribution in [1.29, 1.82) is 0 Å². The molecule has 8 heteroatoms. The lowest BCUT2D eigenvalue weighted by atomic mass is 10.2. The smallest absolute Gasteiger partial charge is 0.381 e. The molecule has 0 aliphatic rings. The van der Waals surface area contributed by atoms with Gasteiger partial charge in [-0.15, -0.1) is 0 Å². The van der Waals surface area contributed by atoms with Crippen molar-refractivity contribution in [2.75, 3.05) is 19.8 Å². The van der Waals surface area contributed by atoms with Crippen LogP contribution in [0.25, 0.3) is 0 Å². The number of alkyl halides is 3. The molecule has 22 heavy (non-hydrogen) atoms. The summed E-state index contributed by atoms with van der Waals surface area (Å²) in [7, 11) is -3.79. The van der Waals surface area contributed by atoms with Crippen molar-refractivity contribution in [3.8, 4) is 0 Å². The van der Waals surface area contributed by atoms with Crippen LogP contribution in [0.1, 0.15) is 31.7 Å². The standard InChI is InChI=1S/C14H20F3NO3S/c1-2-3-10-21-11-4-9-18-22(19,20)13-7-5-12(6-8-13)14(15,16)17/h5-8,18H,2-4,9-11H2,1H3. The summed E-state index contributed by atoms with van der Waals surface area (Å²) in [6.07, 6.45) is -1.99. The molecule has 1 N–H and O–H groups in total. The molecule has 0 amide bonds. The van der Waals surface area contributed by atoms with Gasteiger partial charge in [0.25, 0.3) is 0 Å². The summed E-state index contributed by atoms with van der Waals surface area (Å²) in [4.78, 5) is -0.188. The van der Waals surface area contributed by atoms with E-state index in [1.807, 2.05) is 6.92 Å². The number of halogens is 3. The molecular weight excluding hydrogens is 319 g/mol. The van der Waals surface area contributed by atoms with Crippen LogP contribution in [0.3, 0.4) is 0 Å². The van der Waals surface area contributed by atoms with E-state index in [2.05, 4.69) is 4.72 Å². The van der Waals surface area contributed by atoms with Gasteiger partial charge in [-0.1, -0.05) is 13.3 Å². The molecule has 1 rings (SSSR count). The summed E-state index contributed by atoms with van der Waals surface area (Å²) in [5.41, 5.74) is -0.879. The van der Waals surface area contributed by atoms with E-state index >= 15 is 0 Å². The molecule has 0 aliphatic heterocycles. The van der Waals surface area contributed by atoms with E-state index in [4.69, 9.17) is 4.74 Å². The Morgan fingerprint density at radius 1 is 1.09 bits per heavy atom. The highest BCUT2D eigenvalue weighted by molar-refractivity contribution is 7.89. The molecule has 4 nitrogen and oxygen atoms in total. The highest BCUT2D eigenvalue weighted by Crippen LogP contribution is 2.29. The van der Waals surface area contributed by atoms with E-state index < -0.39 is 21.8 Å². The predicted octanol–water partition coefficient (Wildman–Crippen LogP) is 3.19. The Labute approximate surface area is 128 Å². The fourth-order valence-corrected chi connectivity index (χ4v) is 2.71. The molecule has 0 fully saturated rings. The van der Waals surface area contributed by atoms with Crippen LogP contribution in [0.15, 0.2) is 29.2 Å². The summed E-state index contributed by atoms with van der Waals surface area (Å²) in [6, 6.07) is 3.40. The quantitative estimate of drug-likeness (QED) is 0.703. The molecule has 0 aliphatic carbocycles. The molecule has 126 valence electrons. The van der Waals surface area contributed by atoms with Gasteiger partial charge in [0, 0.05) is 19.8 Å². The minimum atomic E-state index is -4.48. The van der Waals surface area contributed by atoms with Crippen LogP contribution in [0, 0.1) is 0 Å². The van der Waals surface area contributed by atoms with Crippen LogP contribution >= 0.6 is 0 Å². The molecular formula is C14H20F3NO3S. The van der Waals surface area contributed by atoms with Crippen molar-refractivity contribution >= 4 is 10.0 Å². The highest BCUT2D eigenvalue weighted by Gasteiger charge is 2.30. The first kappa shape index (κ1) is 18.9. The van der Waals surface area contributed by atoms with Crippen molar-refractivity contribution in [1.82, 2.24) is 4.72 Å². The second-order valence-corrected chi connectivity index (χ2v) is 6.51.